The number of para-hydroxylation sites is 2. The first-order valence-corrected chi connectivity index (χ1v) is 11.9. The molecular weight excluding hydrogens is 457 g/mol. The smallest absolute Gasteiger partial charge is 0.229 e. The average Bonchev–Trinajstić information content (AvgIpc) is 2.72. The number of hydrogen-bond donors (Lipinski definition) is 3. The third-order valence-electron chi connectivity index (χ3n) is 4.23. The van der Waals surface area contributed by atoms with E-state index in [4.69, 9.17) is 11.6 Å². The van der Waals surface area contributed by atoms with E-state index in [0.717, 1.165) is 6.26 Å². The predicted molar refractivity (Wildman–Crippen MR) is 124 cm³/mol. The maximum Gasteiger partial charge on any atom is 0.229 e. The number of carbonyl (C=O) groups excluding carboxylic acids is 1. The third-order valence-corrected chi connectivity index (χ3v) is 5.10. The highest BCUT2D eigenvalue weighted by molar-refractivity contribution is 7.92. The molecule has 0 amide bonds. The lowest BCUT2D eigenvalue weighted by atomic mass is 10.1. The van der Waals surface area contributed by atoms with E-state index < -0.39 is 15.8 Å². The van der Waals surface area contributed by atoms with E-state index in [1.165, 1.54) is 24.4 Å². The van der Waals surface area contributed by atoms with Gasteiger partial charge in [0.1, 0.15) is 10.8 Å². The van der Waals surface area contributed by atoms with Crippen LogP contribution in [0.15, 0.2) is 48.7 Å². The summed E-state index contributed by atoms with van der Waals surface area (Å²) in [5.74, 6) is -0.464. The van der Waals surface area contributed by atoms with E-state index >= 15 is 0 Å². The van der Waals surface area contributed by atoms with E-state index in [1.54, 1.807) is 24.3 Å². The van der Waals surface area contributed by atoms with Crippen LogP contribution in [0, 0.1) is 5.82 Å². The highest BCUT2D eigenvalue weighted by Gasteiger charge is 2.13. The molecule has 0 spiro atoms. The molecule has 168 valence electrons. The van der Waals surface area contributed by atoms with E-state index in [0.29, 0.717) is 29.8 Å². The Morgan fingerprint density at radius 2 is 1.81 bits per heavy atom. The van der Waals surface area contributed by atoms with Crippen LogP contribution in [0.25, 0.3) is 0 Å². The summed E-state index contributed by atoms with van der Waals surface area (Å²) in [4.78, 5) is 20.4. The molecule has 0 saturated carbocycles. The molecular formula is C21H21ClFN5O3S. The van der Waals surface area contributed by atoms with Crippen LogP contribution in [-0.2, 0) is 10.0 Å². The van der Waals surface area contributed by atoms with Gasteiger partial charge in [0.2, 0.25) is 16.0 Å². The molecule has 0 atom stereocenters. The Kier molecular flexibility index (Phi) is 7.26. The molecule has 2 aromatic carbocycles. The highest BCUT2D eigenvalue weighted by atomic mass is 35.5. The molecule has 32 heavy (non-hydrogen) atoms. The lowest BCUT2D eigenvalue weighted by molar-refractivity contribution is 0.0981. The number of carbonyl (C=O) groups is 1. The fourth-order valence-electron chi connectivity index (χ4n) is 2.81. The SMILES string of the molecule is CCCC(=O)c1ccc(F)c(Nc2ncc(Cl)c(Nc3ccccc3NS(C)(=O)=O)n2)c1. The highest BCUT2D eigenvalue weighted by Crippen LogP contribution is 2.30. The van der Waals surface area contributed by atoms with Crippen molar-refractivity contribution in [2.24, 2.45) is 0 Å². The van der Waals surface area contributed by atoms with Crippen LogP contribution in [0.3, 0.4) is 0 Å². The quantitative estimate of drug-likeness (QED) is 0.367. The standard InChI is InChI=1S/C21H21ClFN5O3S/c1-3-6-19(29)13-9-10-15(23)18(11-13)26-21-24-12-14(22)20(27-21)25-16-7-4-5-8-17(16)28-32(2,30)31/h4-5,7-12,28H,3,6H2,1-2H3,(H2,24,25,26,27). The lowest BCUT2D eigenvalue weighted by Gasteiger charge is -2.14. The second-order valence-electron chi connectivity index (χ2n) is 6.93. The van der Waals surface area contributed by atoms with E-state index in [9.17, 15) is 17.6 Å². The molecule has 3 N–H and O–H groups in total. The summed E-state index contributed by atoms with van der Waals surface area (Å²) in [6.45, 7) is 1.89. The topological polar surface area (TPSA) is 113 Å². The number of halogens is 2. The minimum atomic E-state index is -3.51. The number of aromatic nitrogens is 2. The van der Waals surface area contributed by atoms with E-state index in [1.807, 2.05) is 6.92 Å². The number of hydrogen-bond acceptors (Lipinski definition) is 7. The molecule has 0 aliphatic rings. The average molecular weight is 478 g/mol. The first-order chi connectivity index (χ1) is 15.2. The molecule has 1 heterocycles. The van der Waals surface area contributed by atoms with E-state index in [-0.39, 0.29) is 28.3 Å². The summed E-state index contributed by atoms with van der Waals surface area (Å²) >= 11 is 6.19. The molecule has 0 bridgehead atoms. The predicted octanol–water partition coefficient (Wildman–Crippen LogP) is 5.11. The van der Waals surface area contributed by atoms with Crippen molar-refractivity contribution in [3.63, 3.8) is 0 Å². The molecule has 3 aromatic rings. The maximum atomic E-state index is 14.3. The largest absolute Gasteiger partial charge is 0.337 e. The van der Waals surface area contributed by atoms with Gasteiger partial charge < -0.3 is 10.6 Å². The number of Topliss-reactive ketones (excluding diaryl/α,β-unsaturated/α-hetero) is 1. The molecule has 0 radical (unpaired) electrons. The Balaban J connectivity index is 1.88. The van der Waals surface area contributed by atoms with Crippen molar-refractivity contribution < 1.29 is 17.6 Å². The maximum absolute atomic E-state index is 14.3. The van der Waals surface area contributed by atoms with Gasteiger partial charge in [-0.05, 0) is 36.8 Å². The molecule has 0 unspecified atom stereocenters. The Morgan fingerprint density at radius 1 is 1.09 bits per heavy atom. The van der Waals surface area contributed by atoms with Crippen molar-refractivity contribution in [1.82, 2.24) is 9.97 Å². The van der Waals surface area contributed by atoms with Crippen LogP contribution < -0.4 is 15.4 Å². The molecule has 0 saturated heterocycles. The van der Waals surface area contributed by atoms with Crippen molar-refractivity contribution in [2.75, 3.05) is 21.6 Å². The molecule has 11 heteroatoms. The number of nitrogens with one attached hydrogen (secondary N) is 3. The molecule has 0 aliphatic heterocycles. The van der Waals surface area contributed by atoms with Gasteiger partial charge in [-0.25, -0.2) is 17.8 Å². The molecule has 0 fully saturated rings. The number of sulfonamides is 1. The first kappa shape index (κ1) is 23.4. The number of nitrogens with zero attached hydrogens (tertiary/aromatic N) is 2. The fourth-order valence-corrected chi connectivity index (χ4v) is 3.53. The normalized spacial score (nSPS) is 11.1. The zero-order valence-corrected chi connectivity index (χ0v) is 18.9. The van der Waals surface area contributed by atoms with Gasteiger partial charge in [-0.1, -0.05) is 30.7 Å². The van der Waals surface area contributed by atoms with Crippen LogP contribution in [0.2, 0.25) is 5.02 Å². The van der Waals surface area contributed by atoms with Crippen LogP contribution in [0.4, 0.5) is 33.2 Å². The third kappa shape index (κ3) is 6.14. The van der Waals surface area contributed by atoms with Crippen LogP contribution >= 0.6 is 11.6 Å². The molecule has 8 nitrogen and oxygen atoms in total. The van der Waals surface area contributed by atoms with Gasteiger partial charge in [0, 0.05) is 12.0 Å². The van der Waals surface area contributed by atoms with Crippen molar-refractivity contribution in [3.05, 3.63) is 65.1 Å². The van der Waals surface area contributed by atoms with Crippen molar-refractivity contribution in [3.8, 4) is 0 Å². The molecule has 3 rings (SSSR count). The van der Waals surface area contributed by atoms with Gasteiger partial charge in [0.05, 0.1) is 29.5 Å². The van der Waals surface area contributed by atoms with Gasteiger partial charge in [0.15, 0.2) is 11.6 Å². The van der Waals surface area contributed by atoms with Gasteiger partial charge in [-0.2, -0.15) is 4.98 Å². The van der Waals surface area contributed by atoms with Gasteiger partial charge in [-0.15, -0.1) is 0 Å². The zero-order valence-electron chi connectivity index (χ0n) is 17.3. The summed E-state index contributed by atoms with van der Waals surface area (Å²) < 4.78 is 39.9. The Morgan fingerprint density at radius 3 is 2.50 bits per heavy atom. The number of rotatable bonds is 9. The summed E-state index contributed by atoms with van der Waals surface area (Å²) in [5, 5.41) is 5.87. The van der Waals surface area contributed by atoms with Crippen molar-refractivity contribution >= 4 is 56.2 Å². The van der Waals surface area contributed by atoms with Crippen LogP contribution in [0.1, 0.15) is 30.1 Å². The van der Waals surface area contributed by atoms with Crippen molar-refractivity contribution in [2.45, 2.75) is 19.8 Å². The number of benzene rings is 2. The minimum absolute atomic E-state index is 0.0319. The molecule has 1 aromatic heterocycles. The summed E-state index contributed by atoms with van der Waals surface area (Å²) in [6.07, 6.45) is 3.40. The number of ketones is 1. The summed E-state index contributed by atoms with van der Waals surface area (Å²) in [5.41, 5.74) is 1.12. The zero-order chi connectivity index (χ0) is 23.3. The van der Waals surface area contributed by atoms with Crippen LogP contribution in [-0.4, -0.2) is 30.4 Å². The lowest BCUT2D eigenvalue weighted by Crippen LogP contribution is -2.11. The molecule has 0 aliphatic carbocycles. The monoisotopic (exact) mass is 477 g/mol. The Labute approximate surface area is 190 Å². The Hall–Kier alpha value is -3.24. The second kappa shape index (κ2) is 9.92. The van der Waals surface area contributed by atoms with Crippen LogP contribution in [0.5, 0.6) is 0 Å². The number of anilines is 5. The second-order valence-corrected chi connectivity index (χ2v) is 9.08. The first-order valence-electron chi connectivity index (χ1n) is 9.62. The van der Waals surface area contributed by atoms with Gasteiger partial charge in [-0.3, -0.25) is 9.52 Å². The Bertz CT molecular complexity index is 1250. The summed E-state index contributed by atoms with van der Waals surface area (Å²) in [6, 6.07) is 10.6. The van der Waals surface area contributed by atoms with Gasteiger partial charge in [0.25, 0.3) is 0 Å². The fraction of sp³-hybridized carbons (Fsp3) is 0.190. The summed E-state index contributed by atoms with van der Waals surface area (Å²) in [7, 11) is -3.51. The van der Waals surface area contributed by atoms with Gasteiger partial charge >= 0.3 is 0 Å². The minimum Gasteiger partial charge on any atom is -0.337 e. The van der Waals surface area contributed by atoms with E-state index in [2.05, 4.69) is 25.3 Å². The van der Waals surface area contributed by atoms with Crippen molar-refractivity contribution in [1.29, 1.82) is 0 Å².